The largest absolute Gasteiger partial charge is 0.397 e. The first-order valence-corrected chi connectivity index (χ1v) is 6.49. The summed E-state index contributed by atoms with van der Waals surface area (Å²) in [7, 11) is 0. The van der Waals surface area contributed by atoms with Crippen molar-refractivity contribution < 1.29 is 9.50 Å². The van der Waals surface area contributed by atoms with Gasteiger partial charge in [-0.2, -0.15) is 0 Å². The molecule has 1 aromatic carbocycles. The number of aliphatic hydroxyl groups excluding tert-OH is 1. The minimum absolute atomic E-state index is 0.0537. The second-order valence-electron chi connectivity index (χ2n) is 3.89. The number of hydrogen-bond acceptors (Lipinski definition) is 3. The summed E-state index contributed by atoms with van der Waals surface area (Å²) in [4.78, 5) is 1.98. The summed E-state index contributed by atoms with van der Waals surface area (Å²) in [6.07, 6.45) is 2.07. The first-order chi connectivity index (χ1) is 8.10. The maximum atomic E-state index is 13.3. The molecule has 0 aromatic heterocycles. The van der Waals surface area contributed by atoms with Gasteiger partial charge in [0, 0.05) is 19.2 Å². The molecule has 0 aliphatic heterocycles. The van der Waals surface area contributed by atoms with Crippen LogP contribution in [0.4, 0.5) is 15.8 Å². The predicted molar refractivity (Wildman–Crippen MR) is 72.7 cm³/mol. The molecule has 0 spiro atoms. The lowest BCUT2D eigenvalue weighted by Crippen LogP contribution is -2.28. The van der Waals surface area contributed by atoms with E-state index < -0.39 is 0 Å². The highest BCUT2D eigenvalue weighted by atomic mass is 79.9. The molecule has 0 fully saturated rings. The van der Waals surface area contributed by atoms with E-state index in [-0.39, 0.29) is 12.4 Å². The molecule has 96 valence electrons. The van der Waals surface area contributed by atoms with E-state index in [1.54, 1.807) is 6.07 Å². The number of hydrogen-bond donors (Lipinski definition) is 2. The number of halogens is 2. The average Bonchev–Trinajstić information content (AvgIpc) is 2.29. The van der Waals surface area contributed by atoms with Crippen molar-refractivity contribution in [3.8, 4) is 0 Å². The molecular formula is C12H18BrFN2O. The van der Waals surface area contributed by atoms with Crippen LogP contribution in [-0.4, -0.2) is 24.8 Å². The number of benzene rings is 1. The minimum Gasteiger partial charge on any atom is -0.397 e. The first kappa shape index (κ1) is 14.3. The topological polar surface area (TPSA) is 49.5 Å². The van der Waals surface area contributed by atoms with E-state index in [1.165, 1.54) is 6.07 Å². The van der Waals surface area contributed by atoms with Crippen molar-refractivity contribution in [2.24, 2.45) is 0 Å². The molecule has 0 atom stereocenters. The summed E-state index contributed by atoms with van der Waals surface area (Å²) in [5, 5.41) is 9.04. The lowest BCUT2D eigenvalue weighted by atomic mass is 10.2. The van der Waals surface area contributed by atoms with Crippen LogP contribution >= 0.6 is 15.9 Å². The van der Waals surface area contributed by atoms with Crippen LogP contribution in [0.2, 0.25) is 0 Å². The van der Waals surface area contributed by atoms with Crippen molar-refractivity contribution in [3.05, 3.63) is 22.4 Å². The van der Waals surface area contributed by atoms with Crippen LogP contribution < -0.4 is 10.6 Å². The third kappa shape index (κ3) is 3.85. The highest BCUT2D eigenvalue weighted by Crippen LogP contribution is 2.29. The van der Waals surface area contributed by atoms with E-state index in [9.17, 15) is 4.39 Å². The third-order valence-corrected chi connectivity index (χ3v) is 3.17. The zero-order valence-electron chi connectivity index (χ0n) is 9.92. The van der Waals surface area contributed by atoms with E-state index in [2.05, 4.69) is 22.9 Å². The second-order valence-corrected chi connectivity index (χ2v) is 4.74. The van der Waals surface area contributed by atoms with Gasteiger partial charge in [0.25, 0.3) is 0 Å². The summed E-state index contributed by atoms with van der Waals surface area (Å²) in [5.74, 6) is -0.370. The molecule has 0 saturated carbocycles. The van der Waals surface area contributed by atoms with Gasteiger partial charge in [-0.15, -0.1) is 0 Å². The molecule has 0 unspecified atom stereocenters. The van der Waals surface area contributed by atoms with Crippen LogP contribution in [0.15, 0.2) is 16.6 Å². The highest BCUT2D eigenvalue weighted by molar-refractivity contribution is 9.10. The maximum Gasteiger partial charge on any atom is 0.139 e. The van der Waals surface area contributed by atoms with Crippen molar-refractivity contribution >= 4 is 27.3 Å². The standard InChI is InChI=1S/C12H18BrFN2O/c1-2-3-4-16(5-6-17)12-7-9(13)10(14)8-11(12)15/h7-8,17H,2-6,15H2,1H3. The van der Waals surface area contributed by atoms with Crippen LogP contribution in [0.25, 0.3) is 0 Å². The Labute approximate surface area is 110 Å². The van der Waals surface area contributed by atoms with E-state index in [0.29, 0.717) is 16.7 Å². The van der Waals surface area contributed by atoms with Crippen molar-refractivity contribution in [1.29, 1.82) is 0 Å². The van der Waals surface area contributed by atoms with Gasteiger partial charge in [-0.3, -0.25) is 0 Å². The molecule has 0 aliphatic carbocycles. The Bertz CT molecular complexity index is 374. The number of nitrogen functional groups attached to an aromatic ring is 1. The molecule has 3 nitrogen and oxygen atoms in total. The molecule has 0 radical (unpaired) electrons. The van der Waals surface area contributed by atoms with Crippen molar-refractivity contribution in [1.82, 2.24) is 0 Å². The molecule has 0 aliphatic rings. The van der Waals surface area contributed by atoms with Crippen molar-refractivity contribution in [2.75, 3.05) is 30.3 Å². The van der Waals surface area contributed by atoms with Gasteiger partial charge in [0.05, 0.1) is 22.5 Å². The quantitative estimate of drug-likeness (QED) is 0.795. The van der Waals surface area contributed by atoms with Gasteiger partial charge in [-0.1, -0.05) is 13.3 Å². The minimum atomic E-state index is -0.370. The Kier molecular flexibility index (Phi) is 5.71. The van der Waals surface area contributed by atoms with E-state index in [0.717, 1.165) is 25.1 Å². The van der Waals surface area contributed by atoms with Gasteiger partial charge in [-0.05, 0) is 28.4 Å². The number of anilines is 2. The van der Waals surface area contributed by atoms with Crippen molar-refractivity contribution in [3.63, 3.8) is 0 Å². The fourth-order valence-electron chi connectivity index (χ4n) is 1.65. The molecule has 0 heterocycles. The number of nitrogens with two attached hydrogens (primary N) is 1. The molecule has 3 N–H and O–H groups in total. The Morgan fingerprint density at radius 1 is 1.41 bits per heavy atom. The molecule has 0 saturated heterocycles. The number of unbranched alkanes of at least 4 members (excludes halogenated alkanes) is 1. The van der Waals surface area contributed by atoms with E-state index in [4.69, 9.17) is 10.8 Å². The van der Waals surface area contributed by atoms with E-state index in [1.807, 2.05) is 4.90 Å². The number of nitrogens with zero attached hydrogens (tertiary/aromatic N) is 1. The van der Waals surface area contributed by atoms with Crippen LogP contribution in [0.3, 0.4) is 0 Å². The Balaban J connectivity index is 2.96. The van der Waals surface area contributed by atoms with Crippen LogP contribution in [0.1, 0.15) is 19.8 Å². The van der Waals surface area contributed by atoms with Gasteiger partial charge in [0.15, 0.2) is 0 Å². The van der Waals surface area contributed by atoms with Gasteiger partial charge in [0.2, 0.25) is 0 Å². The Morgan fingerprint density at radius 2 is 2.12 bits per heavy atom. The summed E-state index contributed by atoms with van der Waals surface area (Å²) < 4.78 is 13.7. The summed E-state index contributed by atoms with van der Waals surface area (Å²) in [6.45, 7) is 3.46. The molecule has 0 amide bonds. The van der Waals surface area contributed by atoms with Crippen LogP contribution in [-0.2, 0) is 0 Å². The fraction of sp³-hybridized carbons (Fsp3) is 0.500. The smallest absolute Gasteiger partial charge is 0.139 e. The summed E-state index contributed by atoms with van der Waals surface area (Å²) >= 11 is 3.15. The molecule has 17 heavy (non-hydrogen) atoms. The number of aliphatic hydroxyl groups is 1. The third-order valence-electron chi connectivity index (χ3n) is 2.56. The molecule has 0 bridgehead atoms. The summed E-state index contributed by atoms with van der Waals surface area (Å²) in [5.41, 5.74) is 6.97. The average molecular weight is 305 g/mol. The van der Waals surface area contributed by atoms with Gasteiger partial charge < -0.3 is 15.7 Å². The monoisotopic (exact) mass is 304 g/mol. The summed E-state index contributed by atoms with van der Waals surface area (Å²) in [6, 6.07) is 2.96. The molecule has 5 heteroatoms. The SMILES string of the molecule is CCCCN(CCO)c1cc(Br)c(F)cc1N. The Hall–Kier alpha value is -0.810. The van der Waals surface area contributed by atoms with Crippen molar-refractivity contribution in [2.45, 2.75) is 19.8 Å². The molecule has 1 rings (SSSR count). The van der Waals surface area contributed by atoms with E-state index >= 15 is 0 Å². The Morgan fingerprint density at radius 3 is 2.71 bits per heavy atom. The molecule has 1 aromatic rings. The highest BCUT2D eigenvalue weighted by Gasteiger charge is 2.12. The second kappa shape index (κ2) is 6.81. The normalized spacial score (nSPS) is 10.6. The lowest BCUT2D eigenvalue weighted by molar-refractivity contribution is 0.301. The number of rotatable bonds is 6. The fourth-order valence-corrected chi connectivity index (χ4v) is 1.98. The first-order valence-electron chi connectivity index (χ1n) is 5.70. The van der Waals surface area contributed by atoms with Crippen LogP contribution in [0, 0.1) is 5.82 Å². The molecular weight excluding hydrogens is 287 g/mol. The predicted octanol–water partition coefficient (Wildman–Crippen LogP) is 2.77. The zero-order chi connectivity index (χ0) is 12.8. The lowest BCUT2D eigenvalue weighted by Gasteiger charge is -2.25. The van der Waals surface area contributed by atoms with Gasteiger partial charge in [0.1, 0.15) is 5.82 Å². The van der Waals surface area contributed by atoms with Crippen LogP contribution in [0.5, 0.6) is 0 Å². The van der Waals surface area contributed by atoms with Gasteiger partial charge >= 0.3 is 0 Å². The zero-order valence-corrected chi connectivity index (χ0v) is 11.5. The maximum absolute atomic E-state index is 13.3. The van der Waals surface area contributed by atoms with Gasteiger partial charge in [-0.25, -0.2) is 4.39 Å².